The van der Waals surface area contributed by atoms with E-state index in [9.17, 15) is 5.11 Å². The summed E-state index contributed by atoms with van der Waals surface area (Å²) in [5, 5.41) is 9.53. The zero-order chi connectivity index (χ0) is 13.1. The van der Waals surface area contributed by atoms with E-state index in [2.05, 4.69) is 35.6 Å². The molecule has 1 aromatic heterocycles. The van der Waals surface area contributed by atoms with E-state index in [4.69, 9.17) is 0 Å². The molecular formula is C14H23N3O. The fourth-order valence-electron chi connectivity index (χ4n) is 2.64. The number of anilines is 1. The van der Waals surface area contributed by atoms with Crippen molar-refractivity contribution in [3.63, 3.8) is 0 Å². The largest absolute Gasteiger partial charge is 0.390 e. The van der Waals surface area contributed by atoms with Crippen LogP contribution >= 0.6 is 0 Å². The molecule has 100 valence electrons. The van der Waals surface area contributed by atoms with Gasteiger partial charge >= 0.3 is 0 Å². The minimum absolute atomic E-state index is 0.00942. The first-order chi connectivity index (χ1) is 8.67. The molecule has 0 aromatic carbocycles. The van der Waals surface area contributed by atoms with Gasteiger partial charge in [-0.15, -0.1) is 0 Å². The molecule has 4 heteroatoms. The Labute approximate surface area is 109 Å². The number of aliphatic hydroxyl groups is 1. The van der Waals surface area contributed by atoms with Crippen LogP contribution in [-0.4, -0.2) is 27.7 Å². The topological polar surface area (TPSA) is 49.2 Å². The molecule has 18 heavy (non-hydrogen) atoms. The number of nitrogens with zero attached hydrogens (tertiary/aromatic N) is 3. The number of aromatic nitrogens is 2. The van der Waals surface area contributed by atoms with Crippen LogP contribution in [0.25, 0.3) is 0 Å². The van der Waals surface area contributed by atoms with Gasteiger partial charge in [0.2, 0.25) is 0 Å². The van der Waals surface area contributed by atoms with E-state index in [1.54, 1.807) is 0 Å². The van der Waals surface area contributed by atoms with Crippen molar-refractivity contribution in [1.82, 2.24) is 9.97 Å². The minimum atomic E-state index is -0.00942. The molecule has 1 aliphatic heterocycles. The van der Waals surface area contributed by atoms with Crippen LogP contribution in [0.5, 0.6) is 0 Å². The van der Waals surface area contributed by atoms with Gasteiger partial charge in [0.25, 0.3) is 0 Å². The van der Waals surface area contributed by atoms with Gasteiger partial charge in [0, 0.05) is 18.5 Å². The van der Waals surface area contributed by atoms with Crippen molar-refractivity contribution < 1.29 is 5.11 Å². The zero-order valence-corrected chi connectivity index (χ0v) is 11.6. The highest BCUT2D eigenvalue weighted by Gasteiger charge is 2.25. The molecular weight excluding hydrogens is 226 g/mol. The first-order valence-electron chi connectivity index (χ1n) is 6.90. The van der Waals surface area contributed by atoms with Crippen molar-refractivity contribution in [2.45, 2.75) is 58.6 Å². The second-order valence-electron chi connectivity index (χ2n) is 5.27. The maximum absolute atomic E-state index is 9.53. The lowest BCUT2D eigenvalue weighted by molar-refractivity contribution is 0.276. The molecule has 0 bridgehead atoms. The summed E-state index contributed by atoms with van der Waals surface area (Å²) in [6, 6.07) is 0.573. The highest BCUT2D eigenvalue weighted by atomic mass is 16.3. The van der Waals surface area contributed by atoms with E-state index in [-0.39, 0.29) is 6.61 Å². The molecule has 2 heterocycles. The summed E-state index contributed by atoms with van der Waals surface area (Å²) < 4.78 is 0. The van der Waals surface area contributed by atoms with Crippen LogP contribution in [0.1, 0.15) is 57.5 Å². The van der Waals surface area contributed by atoms with Crippen LogP contribution in [-0.2, 0) is 6.61 Å². The van der Waals surface area contributed by atoms with Crippen LogP contribution in [0.2, 0.25) is 0 Å². The number of hydrogen-bond acceptors (Lipinski definition) is 4. The Kier molecular flexibility index (Phi) is 4.17. The fourth-order valence-corrected chi connectivity index (χ4v) is 2.64. The maximum Gasteiger partial charge on any atom is 0.131 e. The molecule has 1 aliphatic rings. The van der Waals surface area contributed by atoms with E-state index >= 15 is 0 Å². The molecule has 1 saturated heterocycles. The van der Waals surface area contributed by atoms with Gasteiger partial charge in [0.05, 0.1) is 24.2 Å². The third-order valence-electron chi connectivity index (χ3n) is 3.69. The van der Waals surface area contributed by atoms with Crippen LogP contribution in [0.15, 0.2) is 6.20 Å². The molecule has 0 saturated carbocycles. The van der Waals surface area contributed by atoms with E-state index in [1.165, 1.54) is 12.8 Å². The first kappa shape index (κ1) is 13.3. The molecule has 1 aromatic rings. The zero-order valence-electron chi connectivity index (χ0n) is 11.6. The van der Waals surface area contributed by atoms with Gasteiger partial charge in [0.15, 0.2) is 0 Å². The van der Waals surface area contributed by atoms with Gasteiger partial charge in [-0.05, 0) is 19.3 Å². The van der Waals surface area contributed by atoms with Crippen molar-refractivity contribution in [1.29, 1.82) is 0 Å². The monoisotopic (exact) mass is 249 g/mol. The summed E-state index contributed by atoms with van der Waals surface area (Å²) in [5.41, 5.74) is 1.79. The maximum atomic E-state index is 9.53. The van der Waals surface area contributed by atoms with Crippen molar-refractivity contribution in [2.75, 3.05) is 11.4 Å². The molecule has 2 rings (SSSR count). The fraction of sp³-hybridized carbons (Fsp3) is 0.714. The summed E-state index contributed by atoms with van der Waals surface area (Å²) in [6.07, 6.45) is 5.47. The highest BCUT2D eigenvalue weighted by Crippen LogP contribution is 2.29. The Morgan fingerprint density at radius 1 is 1.50 bits per heavy atom. The van der Waals surface area contributed by atoms with Crippen LogP contribution in [0.4, 0.5) is 5.69 Å². The van der Waals surface area contributed by atoms with Crippen molar-refractivity contribution in [2.24, 2.45) is 0 Å². The normalized spacial score (nSPS) is 19.8. The molecule has 1 atom stereocenters. The van der Waals surface area contributed by atoms with E-state index in [0.29, 0.717) is 12.0 Å². The second-order valence-corrected chi connectivity index (χ2v) is 5.27. The highest BCUT2D eigenvalue weighted by molar-refractivity contribution is 5.50. The second kappa shape index (κ2) is 5.65. The third-order valence-corrected chi connectivity index (χ3v) is 3.69. The molecule has 1 N–H and O–H groups in total. The van der Waals surface area contributed by atoms with Gasteiger partial charge in [-0.1, -0.05) is 20.8 Å². The molecule has 1 unspecified atom stereocenters. The van der Waals surface area contributed by atoms with Crippen LogP contribution in [0.3, 0.4) is 0 Å². The summed E-state index contributed by atoms with van der Waals surface area (Å²) in [7, 11) is 0. The summed E-state index contributed by atoms with van der Waals surface area (Å²) >= 11 is 0. The van der Waals surface area contributed by atoms with Gasteiger partial charge in [0.1, 0.15) is 5.82 Å². The van der Waals surface area contributed by atoms with Crippen molar-refractivity contribution in [3.8, 4) is 0 Å². The summed E-state index contributed by atoms with van der Waals surface area (Å²) in [6.45, 7) is 7.40. The Morgan fingerprint density at radius 2 is 2.28 bits per heavy atom. The Hall–Kier alpha value is -1.16. The molecule has 0 spiro atoms. The van der Waals surface area contributed by atoms with Crippen molar-refractivity contribution in [3.05, 3.63) is 17.7 Å². The summed E-state index contributed by atoms with van der Waals surface area (Å²) in [4.78, 5) is 11.3. The van der Waals surface area contributed by atoms with Gasteiger partial charge in [-0.25, -0.2) is 9.97 Å². The van der Waals surface area contributed by atoms with E-state index in [1.807, 2.05) is 6.20 Å². The predicted molar refractivity (Wildman–Crippen MR) is 72.7 cm³/mol. The molecule has 1 fully saturated rings. The van der Waals surface area contributed by atoms with E-state index < -0.39 is 0 Å². The minimum Gasteiger partial charge on any atom is -0.390 e. The molecule has 4 nitrogen and oxygen atoms in total. The standard InChI is InChI=1S/C14H23N3O/c1-4-11-6-5-7-17(11)13-8-15-14(10(2)3)16-12(13)9-18/h8,10-11,18H,4-7,9H2,1-3H3. The average Bonchev–Trinajstić information content (AvgIpc) is 2.85. The Bertz CT molecular complexity index is 406. The lowest BCUT2D eigenvalue weighted by atomic mass is 10.1. The molecule has 0 amide bonds. The Morgan fingerprint density at radius 3 is 2.89 bits per heavy atom. The van der Waals surface area contributed by atoms with Gasteiger partial charge < -0.3 is 10.0 Å². The van der Waals surface area contributed by atoms with Crippen LogP contribution in [0, 0.1) is 0 Å². The summed E-state index contributed by atoms with van der Waals surface area (Å²) in [5.74, 6) is 1.11. The lowest BCUT2D eigenvalue weighted by Crippen LogP contribution is -2.30. The lowest BCUT2D eigenvalue weighted by Gasteiger charge is -2.27. The smallest absolute Gasteiger partial charge is 0.131 e. The van der Waals surface area contributed by atoms with Gasteiger partial charge in [-0.2, -0.15) is 0 Å². The quantitative estimate of drug-likeness (QED) is 0.890. The Balaban J connectivity index is 2.32. The predicted octanol–water partition coefficient (Wildman–Crippen LogP) is 2.47. The molecule has 0 radical (unpaired) electrons. The van der Waals surface area contributed by atoms with E-state index in [0.717, 1.165) is 30.2 Å². The van der Waals surface area contributed by atoms with Gasteiger partial charge in [-0.3, -0.25) is 0 Å². The first-order valence-corrected chi connectivity index (χ1v) is 6.90. The number of rotatable bonds is 4. The van der Waals surface area contributed by atoms with Crippen molar-refractivity contribution >= 4 is 5.69 Å². The number of hydrogen-bond donors (Lipinski definition) is 1. The average molecular weight is 249 g/mol. The van der Waals surface area contributed by atoms with Crippen LogP contribution < -0.4 is 4.90 Å². The third kappa shape index (κ3) is 2.48. The molecule has 0 aliphatic carbocycles. The number of aliphatic hydroxyl groups excluding tert-OH is 1. The SMILES string of the molecule is CCC1CCCN1c1cnc(C(C)C)nc1CO.